The first-order chi connectivity index (χ1) is 9.33. The molecule has 0 spiro atoms. The van der Waals surface area contributed by atoms with Gasteiger partial charge < -0.3 is 14.8 Å². The first kappa shape index (κ1) is 11.5. The van der Waals surface area contributed by atoms with Crippen molar-refractivity contribution in [3.05, 3.63) is 48.4 Å². The van der Waals surface area contributed by atoms with Crippen LogP contribution in [0.2, 0.25) is 0 Å². The molecule has 0 aliphatic carbocycles. The minimum absolute atomic E-state index is 0.0702. The molecule has 3 rings (SSSR count). The molecule has 2 heterocycles. The number of nitrogens with one attached hydrogen (secondary N) is 2. The topological polar surface area (TPSA) is 70.9 Å². The molecule has 1 aromatic carbocycles. The summed E-state index contributed by atoms with van der Waals surface area (Å²) in [6.45, 7) is 0. The minimum atomic E-state index is -0.0702. The van der Waals surface area contributed by atoms with E-state index >= 15 is 0 Å². The van der Waals surface area contributed by atoms with E-state index in [0.717, 1.165) is 16.5 Å². The van der Waals surface area contributed by atoms with Crippen molar-refractivity contribution in [3.8, 4) is 0 Å². The summed E-state index contributed by atoms with van der Waals surface area (Å²) in [4.78, 5) is 14.9. The maximum Gasteiger partial charge on any atom is 0.225 e. The number of anilines is 1. The fourth-order valence-electron chi connectivity index (χ4n) is 2.07. The smallest absolute Gasteiger partial charge is 0.225 e. The fraction of sp³-hybridized carbons (Fsp3) is 0.143. The van der Waals surface area contributed by atoms with Gasteiger partial charge in [-0.05, 0) is 18.1 Å². The Morgan fingerprint density at radius 3 is 3.05 bits per heavy atom. The maximum atomic E-state index is 11.7. The first-order valence-corrected chi connectivity index (χ1v) is 6.08. The molecule has 0 fully saturated rings. The highest BCUT2D eigenvalue weighted by molar-refractivity contribution is 5.90. The summed E-state index contributed by atoms with van der Waals surface area (Å²) >= 11 is 0. The standard InChI is InChI=1S/C14H13N3O2/c18-14(16-13-7-8-19-17-13)6-5-10-9-15-12-4-2-1-3-11(10)12/h1-4,7-9,15H,5-6H2,(H,16,17,18). The predicted molar refractivity (Wildman–Crippen MR) is 71.8 cm³/mol. The van der Waals surface area contributed by atoms with Crippen LogP contribution >= 0.6 is 0 Å². The van der Waals surface area contributed by atoms with Crippen molar-refractivity contribution in [1.29, 1.82) is 0 Å². The Kier molecular flexibility index (Phi) is 3.02. The average molecular weight is 255 g/mol. The van der Waals surface area contributed by atoms with Gasteiger partial charge in [-0.3, -0.25) is 4.79 Å². The molecule has 0 saturated carbocycles. The van der Waals surface area contributed by atoms with Gasteiger partial charge in [-0.15, -0.1) is 0 Å². The van der Waals surface area contributed by atoms with Crippen molar-refractivity contribution in [3.63, 3.8) is 0 Å². The van der Waals surface area contributed by atoms with Gasteiger partial charge in [0, 0.05) is 29.6 Å². The third kappa shape index (κ3) is 2.49. The van der Waals surface area contributed by atoms with E-state index < -0.39 is 0 Å². The van der Waals surface area contributed by atoms with Crippen molar-refractivity contribution in [2.75, 3.05) is 5.32 Å². The lowest BCUT2D eigenvalue weighted by atomic mass is 10.1. The van der Waals surface area contributed by atoms with Gasteiger partial charge in [-0.25, -0.2) is 0 Å². The van der Waals surface area contributed by atoms with Crippen LogP contribution in [-0.4, -0.2) is 16.0 Å². The Balaban J connectivity index is 1.64. The molecule has 0 saturated heterocycles. The zero-order valence-corrected chi connectivity index (χ0v) is 10.2. The van der Waals surface area contributed by atoms with Crippen LogP contribution in [0.1, 0.15) is 12.0 Å². The van der Waals surface area contributed by atoms with Crippen LogP contribution in [0.25, 0.3) is 10.9 Å². The molecule has 0 aliphatic heterocycles. The Labute approximate surface area is 109 Å². The third-order valence-electron chi connectivity index (χ3n) is 3.00. The number of aromatic nitrogens is 2. The second kappa shape index (κ2) is 4.97. The molecule has 0 radical (unpaired) electrons. The quantitative estimate of drug-likeness (QED) is 0.753. The Morgan fingerprint density at radius 2 is 2.21 bits per heavy atom. The predicted octanol–water partition coefficient (Wildman–Crippen LogP) is 2.73. The average Bonchev–Trinajstić information content (AvgIpc) is 3.05. The maximum absolute atomic E-state index is 11.7. The van der Waals surface area contributed by atoms with Crippen molar-refractivity contribution < 1.29 is 9.32 Å². The number of para-hydroxylation sites is 1. The summed E-state index contributed by atoms with van der Waals surface area (Å²) in [7, 11) is 0. The SMILES string of the molecule is O=C(CCc1c[nH]c2ccccc12)Nc1ccon1. The van der Waals surface area contributed by atoms with Crippen LogP contribution in [0, 0.1) is 0 Å². The van der Waals surface area contributed by atoms with E-state index in [4.69, 9.17) is 0 Å². The Hall–Kier alpha value is -2.56. The van der Waals surface area contributed by atoms with E-state index in [2.05, 4.69) is 26.0 Å². The van der Waals surface area contributed by atoms with Crippen molar-refractivity contribution in [1.82, 2.24) is 10.1 Å². The summed E-state index contributed by atoms with van der Waals surface area (Å²) in [6, 6.07) is 9.67. The Bertz CT molecular complexity index is 686. The number of carbonyl (C=O) groups excluding carboxylic acids is 1. The van der Waals surface area contributed by atoms with E-state index in [-0.39, 0.29) is 5.91 Å². The third-order valence-corrected chi connectivity index (χ3v) is 3.00. The van der Waals surface area contributed by atoms with E-state index in [1.54, 1.807) is 6.07 Å². The lowest BCUT2D eigenvalue weighted by molar-refractivity contribution is -0.116. The first-order valence-electron chi connectivity index (χ1n) is 6.08. The van der Waals surface area contributed by atoms with Crippen molar-refractivity contribution in [2.24, 2.45) is 0 Å². The zero-order valence-electron chi connectivity index (χ0n) is 10.2. The molecular weight excluding hydrogens is 242 g/mol. The van der Waals surface area contributed by atoms with Gasteiger partial charge in [-0.2, -0.15) is 0 Å². The molecule has 2 aromatic heterocycles. The number of hydrogen-bond acceptors (Lipinski definition) is 3. The molecular formula is C14H13N3O2. The molecule has 96 valence electrons. The number of carbonyl (C=O) groups is 1. The number of aromatic amines is 1. The lowest BCUT2D eigenvalue weighted by Crippen LogP contribution is -2.12. The van der Waals surface area contributed by atoms with Crippen LogP contribution in [0.5, 0.6) is 0 Å². The summed E-state index contributed by atoms with van der Waals surface area (Å²) in [5, 5.41) is 7.48. The highest BCUT2D eigenvalue weighted by atomic mass is 16.5. The van der Waals surface area contributed by atoms with Gasteiger partial charge in [0.15, 0.2) is 5.82 Å². The molecule has 2 N–H and O–H groups in total. The van der Waals surface area contributed by atoms with Gasteiger partial charge in [0.05, 0.1) is 0 Å². The fourth-order valence-corrected chi connectivity index (χ4v) is 2.07. The molecule has 0 atom stereocenters. The zero-order chi connectivity index (χ0) is 13.1. The van der Waals surface area contributed by atoms with Gasteiger partial charge in [0.2, 0.25) is 5.91 Å². The van der Waals surface area contributed by atoms with Gasteiger partial charge in [0.25, 0.3) is 0 Å². The van der Waals surface area contributed by atoms with Gasteiger partial charge in [0.1, 0.15) is 6.26 Å². The molecule has 0 aliphatic rings. The van der Waals surface area contributed by atoms with Crippen LogP contribution in [0.15, 0.2) is 47.3 Å². The number of benzene rings is 1. The highest BCUT2D eigenvalue weighted by Gasteiger charge is 2.07. The molecule has 19 heavy (non-hydrogen) atoms. The number of hydrogen-bond donors (Lipinski definition) is 2. The molecule has 5 nitrogen and oxygen atoms in total. The molecule has 0 bridgehead atoms. The van der Waals surface area contributed by atoms with E-state index in [9.17, 15) is 4.79 Å². The van der Waals surface area contributed by atoms with E-state index in [1.807, 2.05) is 24.4 Å². The lowest BCUT2D eigenvalue weighted by Gasteiger charge is -2.01. The number of rotatable bonds is 4. The summed E-state index contributed by atoms with van der Waals surface area (Å²) in [5.41, 5.74) is 2.24. The number of nitrogens with zero attached hydrogens (tertiary/aromatic N) is 1. The normalized spacial score (nSPS) is 10.7. The largest absolute Gasteiger partial charge is 0.363 e. The van der Waals surface area contributed by atoms with Crippen molar-refractivity contribution in [2.45, 2.75) is 12.8 Å². The monoisotopic (exact) mass is 255 g/mol. The van der Waals surface area contributed by atoms with Crippen LogP contribution in [0.4, 0.5) is 5.82 Å². The van der Waals surface area contributed by atoms with Gasteiger partial charge >= 0.3 is 0 Å². The second-order valence-electron chi connectivity index (χ2n) is 4.29. The van der Waals surface area contributed by atoms with Crippen molar-refractivity contribution >= 4 is 22.6 Å². The second-order valence-corrected chi connectivity index (χ2v) is 4.29. The summed E-state index contributed by atoms with van der Waals surface area (Å²) < 4.78 is 4.65. The Morgan fingerprint density at radius 1 is 1.32 bits per heavy atom. The van der Waals surface area contributed by atoms with Crippen LogP contribution < -0.4 is 5.32 Å². The minimum Gasteiger partial charge on any atom is -0.363 e. The number of H-pyrrole nitrogens is 1. The van der Waals surface area contributed by atoms with E-state index in [0.29, 0.717) is 18.7 Å². The van der Waals surface area contributed by atoms with E-state index in [1.165, 1.54) is 6.26 Å². The number of aryl methyl sites for hydroxylation is 1. The molecule has 3 aromatic rings. The molecule has 1 amide bonds. The van der Waals surface area contributed by atoms with Crippen LogP contribution in [0.3, 0.4) is 0 Å². The molecule has 5 heteroatoms. The summed E-state index contributed by atoms with van der Waals surface area (Å²) in [6.07, 6.45) is 4.48. The number of amides is 1. The molecule has 0 unspecified atom stereocenters. The van der Waals surface area contributed by atoms with Gasteiger partial charge in [-0.1, -0.05) is 23.4 Å². The van der Waals surface area contributed by atoms with Crippen LogP contribution in [-0.2, 0) is 11.2 Å². The number of fused-ring (bicyclic) bond motifs is 1. The highest BCUT2D eigenvalue weighted by Crippen LogP contribution is 2.19. The summed E-state index contributed by atoms with van der Waals surface area (Å²) in [5.74, 6) is 0.378.